The highest BCUT2D eigenvalue weighted by Crippen LogP contribution is 2.40. The quantitative estimate of drug-likeness (QED) is 0.780. The van der Waals surface area contributed by atoms with Gasteiger partial charge in [-0.3, -0.25) is 0 Å². The molecule has 0 unspecified atom stereocenters. The molecule has 0 radical (unpaired) electrons. The second-order valence-electron chi connectivity index (χ2n) is 5.28. The predicted octanol–water partition coefficient (Wildman–Crippen LogP) is 2.68. The summed E-state index contributed by atoms with van der Waals surface area (Å²) in [6, 6.07) is 1.78. The largest absolute Gasteiger partial charge is 0.479 e. The third-order valence-corrected chi connectivity index (χ3v) is 4.02. The van der Waals surface area contributed by atoms with E-state index in [0.717, 1.165) is 25.7 Å². The normalized spacial score (nSPS) is 29.1. The van der Waals surface area contributed by atoms with E-state index < -0.39 is 5.60 Å². The first-order chi connectivity index (χ1) is 9.14. The molecule has 3 rings (SSSR count). The summed E-state index contributed by atoms with van der Waals surface area (Å²) < 4.78 is 16.8. The monoisotopic (exact) mass is 262 g/mol. The van der Waals surface area contributed by atoms with E-state index in [2.05, 4.69) is 0 Å². The van der Waals surface area contributed by atoms with Gasteiger partial charge in [0.2, 0.25) is 0 Å². The SMILES string of the molecule is CO[C@H]1CCCC[C@@]12C=Cc1c(cc(C)oc1=O)O2. The minimum atomic E-state index is -0.430. The standard InChI is InChI=1S/C15H18O4/c1-10-9-12-11(14(16)18-10)6-8-15(19-12)7-4-3-5-13(15)17-2/h6,8-9,13H,3-5,7H2,1-2H3/t13-,15+/m0/s1. The van der Waals surface area contributed by atoms with Gasteiger partial charge in [-0.2, -0.15) is 0 Å². The van der Waals surface area contributed by atoms with E-state index in [1.54, 1.807) is 20.1 Å². The van der Waals surface area contributed by atoms with Gasteiger partial charge >= 0.3 is 5.63 Å². The van der Waals surface area contributed by atoms with Crippen LogP contribution in [-0.4, -0.2) is 18.8 Å². The third kappa shape index (κ3) is 2.00. The van der Waals surface area contributed by atoms with Crippen LogP contribution in [0.25, 0.3) is 6.08 Å². The first-order valence-corrected chi connectivity index (χ1v) is 6.70. The topological polar surface area (TPSA) is 48.7 Å². The van der Waals surface area contributed by atoms with Gasteiger partial charge in [0.05, 0.1) is 0 Å². The number of methoxy groups -OCH3 is 1. The Hall–Kier alpha value is -1.55. The maximum atomic E-state index is 11.8. The lowest BCUT2D eigenvalue weighted by Crippen LogP contribution is -2.50. The van der Waals surface area contributed by atoms with E-state index in [9.17, 15) is 4.79 Å². The van der Waals surface area contributed by atoms with Crippen LogP contribution in [0.15, 0.2) is 21.4 Å². The molecule has 2 heterocycles. The molecule has 1 aromatic heterocycles. The maximum absolute atomic E-state index is 11.8. The van der Waals surface area contributed by atoms with Crippen molar-refractivity contribution in [1.82, 2.24) is 0 Å². The van der Waals surface area contributed by atoms with Gasteiger partial charge in [0.1, 0.15) is 23.2 Å². The molecule has 0 amide bonds. The van der Waals surface area contributed by atoms with Crippen LogP contribution < -0.4 is 10.4 Å². The molecule has 4 nitrogen and oxygen atoms in total. The Morgan fingerprint density at radius 2 is 2.26 bits per heavy atom. The van der Waals surface area contributed by atoms with Crippen LogP contribution in [0.4, 0.5) is 0 Å². The molecule has 0 N–H and O–H groups in total. The molecular formula is C15H18O4. The molecule has 1 aliphatic carbocycles. The summed E-state index contributed by atoms with van der Waals surface area (Å²) in [5.41, 5.74) is -0.275. The van der Waals surface area contributed by atoms with Crippen molar-refractivity contribution in [3.8, 4) is 5.75 Å². The Labute approximate surface area is 112 Å². The van der Waals surface area contributed by atoms with Gasteiger partial charge in [0.15, 0.2) is 5.60 Å². The van der Waals surface area contributed by atoms with Crippen molar-refractivity contribution >= 4 is 6.08 Å². The van der Waals surface area contributed by atoms with E-state index >= 15 is 0 Å². The second kappa shape index (κ2) is 4.53. The summed E-state index contributed by atoms with van der Waals surface area (Å²) in [6.45, 7) is 1.75. The number of ether oxygens (including phenoxy) is 2. The van der Waals surface area contributed by atoms with Gasteiger partial charge in [-0.25, -0.2) is 4.79 Å². The third-order valence-electron chi connectivity index (χ3n) is 4.02. The van der Waals surface area contributed by atoms with Crippen LogP contribution in [0.3, 0.4) is 0 Å². The summed E-state index contributed by atoms with van der Waals surface area (Å²) in [7, 11) is 1.72. The molecule has 0 saturated heterocycles. The Kier molecular flexibility index (Phi) is 2.97. The van der Waals surface area contributed by atoms with Crippen LogP contribution >= 0.6 is 0 Å². The van der Waals surface area contributed by atoms with Crippen LogP contribution in [0, 0.1) is 6.92 Å². The summed E-state index contributed by atoms with van der Waals surface area (Å²) in [6.07, 6.45) is 7.99. The van der Waals surface area contributed by atoms with Crippen molar-refractivity contribution in [3.63, 3.8) is 0 Å². The number of rotatable bonds is 1. The predicted molar refractivity (Wildman–Crippen MR) is 71.4 cm³/mol. The lowest BCUT2D eigenvalue weighted by atomic mass is 9.80. The van der Waals surface area contributed by atoms with Crippen molar-refractivity contribution in [2.45, 2.75) is 44.3 Å². The van der Waals surface area contributed by atoms with E-state index in [4.69, 9.17) is 13.9 Å². The molecule has 1 spiro atoms. The fourth-order valence-corrected chi connectivity index (χ4v) is 3.05. The molecule has 1 aliphatic heterocycles. The van der Waals surface area contributed by atoms with Crippen molar-refractivity contribution in [2.24, 2.45) is 0 Å². The molecule has 4 heteroatoms. The summed E-state index contributed by atoms with van der Waals surface area (Å²) in [4.78, 5) is 11.8. The first-order valence-electron chi connectivity index (χ1n) is 6.70. The zero-order valence-electron chi connectivity index (χ0n) is 11.3. The zero-order valence-corrected chi connectivity index (χ0v) is 11.3. The molecule has 102 valence electrons. The first kappa shape index (κ1) is 12.5. The van der Waals surface area contributed by atoms with Crippen LogP contribution in [0.5, 0.6) is 5.75 Å². The highest BCUT2D eigenvalue weighted by Gasteiger charge is 2.43. The second-order valence-corrected chi connectivity index (χ2v) is 5.28. The number of aryl methyl sites for hydroxylation is 1. The Balaban J connectivity index is 2.04. The molecule has 2 atom stereocenters. The van der Waals surface area contributed by atoms with E-state index in [1.807, 2.05) is 12.2 Å². The van der Waals surface area contributed by atoms with Gasteiger partial charge in [-0.15, -0.1) is 0 Å². The minimum Gasteiger partial charge on any atom is -0.479 e. The minimum absolute atomic E-state index is 0.0400. The summed E-state index contributed by atoms with van der Waals surface area (Å²) in [5, 5.41) is 0. The van der Waals surface area contributed by atoms with Crippen LogP contribution in [0.1, 0.15) is 37.0 Å². The van der Waals surface area contributed by atoms with Gasteiger partial charge in [-0.1, -0.05) is 6.42 Å². The summed E-state index contributed by atoms with van der Waals surface area (Å²) >= 11 is 0. The molecule has 1 saturated carbocycles. The van der Waals surface area contributed by atoms with Crippen molar-refractivity contribution in [3.05, 3.63) is 33.9 Å². The van der Waals surface area contributed by atoms with E-state index in [1.165, 1.54) is 0 Å². The van der Waals surface area contributed by atoms with Crippen molar-refractivity contribution in [2.75, 3.05) is 7.11 Å². The molecule has 19 heavy (non-hydrogen) atoms. The fraction of sp³-hybridized carbons (Fsp3) is 0.533. The molecule has 1 aromatic rings. The molecular weight excluding hydrogens is 244 g/mol. The van der Waals surface area contributed by atoms with Crippen molar-refractivity contribution < 1.29 is 13.9 Å². The van der Waals surface area contributed by atoms with E-state index in [0.29, 0.717) is 17.1 Å². The average molecular weight is 262 g/mol. The van der Waals surface area contributed by atoms with Gasteiger partial charge < -0.3 is 13.9 Å². The maximum Gasteiger partial charge on any atom is 0.346 e. The van der Waals surface area contributed by atoms with Crippen LogP contribution in [0.2, 0.25) is 0 Å². The zero-order chi connectivity index (χ0) is 13.5. The summed E-state index contributed by atoms with van der Waals surface area (Å²) in [5.74, 6) is 1.18. The lowest BCUT2D eigenvalue weighted by Gasteiger charge is -2.42. The number of hydrogen-bond acceptors (Lipinski definition) is 4. The van der Waals surface area contributed by atoms with Gasteiger partial charge in [0.25, 0.3) is 0 Å². The Bertz CT molecular complexity index is 572. The smallest absolute Gasteiger partial charge is 0.346 e. The van der Waals surface area contributed by atoms with Crippen LogP contribution in [-0.2, 0) is 4.74 Å². The van der Waals surface area contributed by atoms with Crippen molar-refractivity contribution in [1.29, 1.82) is 0 Å². The molecule has 0 bridgehead atoms. The highest BCUT2D eigenvalue weighted by molar-refractivity contribution is 5.60. The average Bonchev–Trinajstić information content (AvgIpc) is 2.38. The molecule has 0 aromatic carbocycles. The number of fused-ring (bicyclic) bond motifs is 1. The highest BCUT2D eigenvalue weighted by atomic mass is 16.5. The number of hydrogen-bond donors (Lipinski definition) is 0. The fourth-order valence-electron chi connectivity index (χ4n) is 3.05. The molecule has 1 fully saturated rings. The van der Waals surface area contributed by atoms with Gasteiger partial charge in [0, 0.05) is 13.2 Å². The Morgan fingerprint density at radius 3 is 3.05 bits per heavy atom. The van der Waals surface area contributed by atoms with Gasteiger partial charge in [-0.05, 0) is 38.3 Å². The molecule has 2 aliphatic rings. The van der Waals surface area contributed by atoms with E-state index in [-0.39, 0.29) is 11.7 Å². The lowest BCUT2D eigenvalue weighted by molar-refractivity contribution is -0.0713. The Morgan fingerprint density at radius 1 is 1.42 bits per heavy atom.